The second kappa shape index (κ2) is 6.31. The Bertz CT molecular complexity index is 865. The summed E-state index contributed by atoms with van der Waals surface area (Å²) in [7, 11) is 0. The number of nitrogens with two attached hydrogens (primary N) is 1. The maximum Gasteiger partial charge on any atom is 0.182 e. The van der Waals surface area contributed by atoms with Crippen molar-refractivity contribution in [2.75, 3.05) is 18.9 Å². The van der Waals surface area contributed by atoms with Crippen LogP contribution in [0, 0.1) is 6.92 Å². The van der Waals surface area contributed by atoms with Crippen LogP contribution in [0.25, 0.3) is 21.5 Å². The van der Waals surface area contributed by atoms with E-state index < -0.39 is 0 Å². The van der Waals surface area contributed by atoms with Gasteiger partial charge in [0.15, 0.2) is 5.13 Å². The van der Waals surface area contributed by atoms with Gasteiger partial charge in [-0.1, -0.05) is 11.3 Å². The molecule has 3 N–H and O–H groups in total. The number of aryl methyl sites for hydroxylation is 1. The number of benzene rings is 1. The van der Waals surface area contributed by atoms with Crippen molar-refractivity contribution in [1.82, 2.24) is 15.3 Å². The van der Waals surface area contributed by atoms with Crippen molar-refractivity contribution < 1.29 is 4.74 Å². The minimum Gasteiger partial charge on any atom is -0.492 e. The van der Waals surface area contributed by atoms with E-state index >= 15 is 0 Å². The van der Waals surface area contributed by atoms with Gasteiger partial charge in [0.05, 0.1) is 0 Å². The molecule has 0 spiro atoms. The minimum absolute atomic E-state index is 0. The topological polar surface area (TPSA) is 73.1 Å². The van der Waals surface area contributed by atoms with Crippen LogP contribution in [0.4, 0.5) is 5.13 Å². The fraction of sp³-hybridized carbons (Fsp3) is 0.250. The zero-order chi connectivity index (χ0) is 15.1. The fourth-order valence-corrected chi connectivity index (χ4v) is 3.45. The first-order chi connectivity index (χ1) is 10.7. The summed E-state index contributed by atoms with van der Waals surface area (Å²) in [4.78, 5) is 9.66. The number of hydrogen-bond donors (Lipinski definition) is 2. The highest BCUT2D eigenvalue weighted by Gasteiger charge is 2.14. The zero-order valence-electron chi connectivity index (χ0n) is 12.6. The summed E-state index contributed by atoms with van der Waals surface area (Å²) in [6.07, 6.45) is 1.88. The Balaban J connectivity index is 0.00000156. The fourth-order valence-electron chi connectivity index (χ4n) is 2.80. The molecular weight excluding hydrogens is 332 g/mol. The first kappa shape index (κ1) is 16.0. The summed E-state index contributed by atoms with van der Waals surface area (Å²) in [5, 5.41) is 3.93. The van der Waals surface area contributed by atoms with Gasteiger partial charge in [-0.25, -0.2) is 9.97 Å². The zero-order valence-corrected chi connectivity index (χ0v) is 14.3. The molecule has 23 heavy (non-hydrogen) atoms. The first-order valence-electron chi connectivity index (χ1n) is 7.20. The number of aromatic nitrogens is 2. The third-order valence-corrected chi connectivity index (χ3v) is 4.60. The molecule has 0 atom stereocenters. The molecule has 0 radical (unpaired) electrons. The standard InChI is InChI=1S/C16H16N4OS.ClH/c1-9-4-10(5-12-7-18-2-3-21-14(9)12)11-6-13-15(19-8-11)22-16(17)20-13;/h4-6,8,18H,2-3,7H2,1H3,(H2,17,20);1H. The van der Waals surface area contributed by atoms with Crippen molar-refractivity contribution >= 4 is 39.2 Å². The molecule has 120 valence electrons. The van der Waals surface area contributed by atoms with Crippen LogP contribution >= 0.6 is 23.7 Å². The van der Waals surface area contributed by atoms with Gasteiger partial charge in [0, 0.05) is 30.4 Å². The van der Waals surface area contributed by atoms with Crippen LogP contribution in [0.1, 0.15) is 11.1 Å². The van der Waals surface area contributed by atoms with E-state index in [9.17, 15) is 0 Å². The molecule has 0 fully saturated rings. The number of fused-ring (bicyclic) bond motifs is 2. The number of halogens is 1. The summed E-state index contributed by atoms with van der Waals surface area (Å²) in [5.74, 6) is 1.00. The van der Waals surface area contributed by atoms with Crippen LogP contribution in [0.5, 0.6) is 5.75 Å². The molecule has 0 aliphatic carbocycles. The molecule has 3 aromatic rings. The summed E-state index contributed by atoms with van der Waals surface area (Å²) < 4.78 is 5.84. The van der Waals surface area contributed by atoms with Crippen molar-refractivity contribution in [3.63, 3.8) is 0 Å². The van der Waals surface area contributed by atoms with Crippen LogP contribution in [-0.2, 0) is 6.54 Å². The van der Waals surface area contributed by atoms with E-state index in [1.54, 1.807) is 0 Å². The van der Waals surface area contributed by atoms with Gasteiger partial charge in [0.25, 0.3) is 0 Å². The highest BCUT2D eigenvalue weighted by Crippen LogP contribution is 2.33. The number of pyridine rings is 1. The number of thiazole rings is 1. The smallest absolute Gasteiger partial charge is 0.182 e. The average molecular weight is 349 g/mol. The van der Waals surface area contributed by atoms with E-state index in [2.05, 4.69) is 34.3 Å². The second-order valence-corrected chi connectivity index (χ2v) is 6.42. The van der Waals surface area contributed by atoms with Gasteiger partial charge >= 0.3 is 0 Å². The molecule has 5 nitrogen and oxygen atoms in total. The number of nitrogens with zero attached hydrogens (tertiary/aromatic N) is 2. The maximum absolute atomic E-state index is 5.84. The number of anilines is 1. The van der Waals surface area contributed by atoms with E-state index in [-0.39, 0.29) is 12.4 Å². The predicted molar refractivity (Wildman–Crippen MR) is 96.5 cm³/mol. The van der Waals surface area contributed by atoms with E-state index in [1.807, 2.05) is 12.3 Å². The molecule has 0 bridgehead atoms. The molecule has 0 unspecified atom stereocenters. The van der Waals surface area contributed by atoms with Gasteiger partial charge < -0.3 is 15.8 Å². The number of rotatable bonds is 1. The SMILES string of the molecule is Cc1cc(-c2cnc3sc(N)nc3c2)cc2c1OCCNC2.Cl. The molecule has 1 aliphatic heterocycles. The monoisotopic (exact) mass is 348 g/mol. The Morgan fingerprint density at radius 1 is 1.26 bits per heavy atom. The van der Waals surface area contributed by atoms with E-state index in [0.29, 0.717) is 11.7 Å². The second-order valence-electron chi connectivity index (χ2n) is 5.41. The summed E-state index contributed by atoms with van der Waals surface area (Å²) in [5.41, 5.74) is 11.1. The van der Waals surface area contributed by atoms with Crippen molar-refractivity contribution in [2.45, 2.75) is 13.5 Å². The lowest BCUT2D eigenvalue weighted by molar-refractivity contribution is 0.323. The summed E-state index contributed by atoms with van der Waals surface area (Å²) >= 11 is 1.41. The van der Waals surface area contributed by atoms with Crippen LogP contribution in [0.3, 0.4) is 0 Å². The molecule has 7 heteroatoms. The summed E-state index contributed by atoms with van der Waals surface area (Å²) in [6, 6.07) is 6.35. The lowest BCUT2D eigenvalue weighted by Crippen LogP contribution is -2.16. The van der Waals surface area contributed by atoms with Gasteiger partial charge in [0.1, 0.15) is 22.7 Å². The highest BCUT2D eigenvalue weighted by molar-refractivity contribution is 7.21. The summed E-state index contributed by atoms with van der Waals surface area (Å²) in [6.45, 7) is 4.48. The van der Waals surface area contributed by atoms with Crippen LogP contribution in [0.15, 0.2) is 24.4 Å². The maximum atomic E-state index is 5.84. The number of nitrogen functional groups attached to an aromatic ring is 1. The van der Waals surface area contributed by atoms with E-state index in [0.717, 1.165) is 45.9 Å². The van der Waals surface area contributed by atoms with Crippen molar-refractivity contribution in [3.05, 3.63) is 35.5 Å². The number of nitrogens with one attached hydrogen (secondary N) is 1. The normalized spacial score (nSPS) is 13.8. The third-order valence-electron chi connectivity index (χ3n) is 3.79. The minimum atomic E-state index is 0. The first-order valence-corrected chi connectivity index (χ1v) is 8.02. The van der Waals surface area contributed by atoms with E-state index in [4.69, 9.17) is 10.5 Å². The Kier molecular flexibility index (Phi) is 4.39. The number of hydrogen-bond acceptors (Lipinski definition) is 6. The van der Waals surface area contributed by atoms with Gasteiger partial charge in [-0.3, -0.25) is 0 Å². The Morgan fingerprint density at radius 2 is 2.13 bits per heavy atom. The molecule has 0 saturated carbocycles. The van der Waals surface area contributed by atoms with Gasteiger partial charge in [-0.05, 0) is 36.2 Å². The van der Waals surface area contributed by atoms with Crippen molar-refractivity contribution in [1.29, 1.82) is 0 Å². The molecule has 1 aromatic carbocycles. The lowest BCUT2D eigenvalue weighted by atomic mass is 10.00. The molecular formula is C16H17ClN4OS. The Labute approximate surface area is 144 Å². The molecule has 3 heterocycles. The van der Waals surface area contributed by atoms with Gasteiger partial charge in [0.2, 0.25) is 0 Å². The van der Waals surface area contributed by atoms with Crippen LogP contribution in [-0.4, -0.2) is 23.1 Å². The molecule has 0 saturated heterocycles. The largest absolute Gasteiger partial charge is 0.492 e. The van der Waals surface area contributed by atoms with Gasteiger partial charge in [-0.15, -0.1) is 12.4 Å². The highest BCUT2D eigenvalue weighted by atomic mass is 35.5. The van der Waals surface area contributed by atoms with Crippen LogP contribution in [0.2, 0.25) is 0 Å². The Hall–Kier alpha value is -1.89. The number of ether oxygens (including phenoxy) is 1. The average Bonchev–Trinajstić information content (AvgIpc) is 2.71. The van der Waals surface area contributed by atoms with Crippen LogP contribution < -0.4 is 15.8 Å². The molecule has 0 amide bonds. The molecule has 4 rings (SSSR count). The Morgan fingerprint density at radius 3 is 3.00 bits per heavy atom. The molecule has 1 aliphatic rings. The lowest BCUT2D eigenvalue weighted by Gasteiger charge is -2.12. The predicted octanol–water partition coefficient (Wildman–Crippen LogP) is 3.15. The van der Waals surface area contributed by atoms with Gasteiger partial charge in [-0.2, -0.15) is 0 Å². The molecule has 2 aromatic heterocycles. The van der Waals surface area contributed by atoms with Crippen molar-refractivity contribution in [2.24, 2.45) is 0 Å². The quantitative estimate of drug-likeness (QED) is 0.706. The van der Waals surface area contributed by atoms with E-state index in [1.165, 1.54) is 16.9 Å². The van der Waals surface area contributed by atoms with Crippen molar-refractivity contribution in [3.8, 4) is 16.9 Å². The third kappa shape index (κ3) is 2.97.